The molecule has 0 aliphatic heterocycles. The Morgan fingerprint density at radius 1 is 1.40 bits per heavy atom. The van der Waals surface area contributed by atoms with Crippen LogP contribution in [0.5, 0.6) is 0 Å². The molecule has 0 bridgehead atoms. The minimum atomic E-state index is -0.387. The molecule has 0 fully saturated rings. The van der Waals surface area contributed by atoms with Crippen LogP contribution in [0, 0.1) is 5.82 Å². The molecule has 0 aliphatic rings. The molecule has 0 N–H and O–H groups in total. The standard InChI is InChI=1S/C11H11FO2S/c1-8(7-11(13)14-2)15-10-5-3-9(12)4-6-10/h3-7H,1-2H3/b8-7+. The lowest BCUT2D eigenvalue weighted by atomic mass is 10.4. The third kappa shape index (κ3) is 4.16. The Bertz CT molecular complexity index is 371. The fourth-order valence-electron chi connectivity index (χ4n) is 0.943. The first-order valence-corrected chi connectivity index (χ1v) is 5.13. The van der Waals surface area contributed by atoms with Crippen LogP contribution in [-0.4, -0.2) is 13.1 Å². The van der Waals surface area contributed by atoms with E-state index in [2.05, 4.69) is 4.74 Å². The van der Waals surface area contributed by atoms with Gasteiger partial charge in [0.1, 0.15) is 5.82 Å². The van der Waals surface area contributed by atoms with E-state index in [9.17, 15) is 9.18 Å². The van der Waals surface area contributed by atoms with Crippen LogP contribution in [0.25, 0.3) is 0 Å². The highest BCUT2D eigenvalue weighted by Gasteiger charge is 1.99. The molecule has 0 spiro atoms. The number of rotatable bonds is 3. The molecule has 15 heavy (non-hydrogen) atoms. The lowest BCUT2D eigenvalue weighted by Gasteiger charge is -2.00. The maximum Gasteiger partial charge on any atom is 0.331 e. The summed E-state index contributed by atoms with van der Waals surface area (Å²) >= 11 is 1.39. The van der Waals surface area contributed by atoms with E-state index in [-0.39, 0.29) is 11.8 Å². The molecule has 0 radical (unpaired) electrons. The van der Waals surface area contributed by atoms with Gasteiger partial charge in [0.25, 0.3) is 0 Å². The quantitative estimate of drug-likeness (QED) is 0.450. The fraction of sp³-hybridized carbons (Fsp3) is 0.182. The zero-order chi connectivity index (χ0) is 11.3. The highest BCUT2D eigenvalue weighted by molar-refractivity contribution is 8.03. The molecule has 80 valence electrons. The van der Waals surface area contributed by atoms with Gasteiger partial charge in [-0.05, 0) is 36.1 Å². The fourth-order valence-corrected chi connectivity index (χ4v) is 1.74. The SMILES string of the molecule is COC(=O)/C=C(\C)Sc1ccc(F)cc1. The molecule has 0 saturated carbocycles. The van der Waals surface area contributed by atoms with E-state index in [4.69, 9.17) is 0 Å². The van der Waals surface area contributed by atoms with Gasteiger partial charge in [0.15, 0.2) is 0 Å². The number of ether oxygens (including phenoxy) is 1. The molecular formula is C11H11FO2S. The van der Waals surface area contributed by atoms with Gasteiger partial charge < -0.3 is 4.74 Å². The Balaban J connectivity index is 2.66. The molecule has 0 saturated heterocycles. The van der Waals surface area contributed by atoms with Crippen molar-refractivity contribution in [2.45, 2.75) is 11.8 Å². The third-order valence-electron chi connectivity index (χ3n) is 1.61. The van der Waals surface area contributed by atoms with Gasteiger partial charge in [0.05, 0.1) is 7.11 Å². The zero-order valence-electron chi connectivity index (χ0n) is 8.49. The minimum absolute atomic E-state index is 0.269. The van der Waals surface area contributed by atoms with Crippen LogP contribution < -0.4 is 0 Å². The molecule has 1 rings (SSSR count). The summed E-state index contributed by atoms with van der Waals surface area (Å²) in [6, 6.07) is 6.09. The van der Waals surface area contributed by atoms with Gasteiger partial charge in [-0.2, -0.15) is 0 Å². The van der Waals surface area contributed by atoms with E-state index in [0.29, 0.717) is 0 Å². The number of thioether (sulfide) groups is 1. The lowest BCUT2D eigenvalue weighted by Crippen LogP contribution is -1.94. The molecule has 0 heterocycles. The number of esters is 1. The van der Waals surface area contributed by atoms with E-state index in [0.717, 1.165) is 9.80 Å². The number of halogens is 1. The maximum atomic E-state index is 12.6. The zero-order valence-corrected chi connectivity index (χ0v) is 9.31. The number of carbonyl (C=O) groups is 1. The minimum Gasteiger partial charge on any atom is -0.466 e. The van der Waals surface area contributed by atoms with Gasteiger partial charge >= 0.3 is 5.97 Å². The summed E-state index contributed by atoms with van der Waals surface area (Å²) in [5, 5.41) is 0. The van der Waals surface area contributed by atoms with Crippen LogP contribution in [-0.2, 0) is 9.53 Å². The van der Waals surface area contributed by atoms with E-state index in [1.54, 1.807) is 19.1 Å². The molecular weight excluding hydrogens is 215 g/mol. The van der Waals surface area contributed by atoms with Crippen LogP contribution in [0.2, 0.25) is 0 Å². The van der Waals surface area contributed by atoms with Crippen molar-refractivity contribution >= 4 is 17.7 Å². The molecule has 0 unspecified atom stereocenters. The van der Waals surface area contributed by atoms with Crippen molar-refractivity contribution in [2.75, 3.05) is 7.11 Å². The predicted molar refractivity (Wildman–Crippen MR) is 58.0 cm³/mol. The third-order valence-corrected chi connectivity index (χ3v) is 2.56. The van der Waals surface area contributed by atoms with Crippen LogP contribution in [0.3, 0.4) is 0 Å². The normalized spacial score (nSPS) is 11.3. The maximum absolute atomic E-state index is 12.6. The van der Waals surface area contributed by atoms with Crippen LogP contribution in [0.15, 0.2) is 40.1 Å². The number of hydrogen-bond acceptors (Lipinski definition) is 3. The number of benzene rings is 1. The molecule has 0 atom stereocenters. The largest absolute Gasteiger partial charge is 0.466 e. The highest BCUT2D eigenvalue weighted by Crippen LogP contribution is 2.25. The number of methoxy groups -OCH3 is 1. The van der Waals surface area contributed by atoms with Gasteiger partial charge in [-0.25, -0.2) is 9.18 Å². The summed E-state index contributed by atoms with van der Waals surface area (Å²) in [6.07, 6.45) is 1.40. The van der Waals surface area contributed by atoms with Crippen LogP contribution >= 0.6 is 11.8 Å². The van der Waals surface area contributed by atoms with E-state index in [1.165, 1.54) is 37.1 Å². The van der Waals surface area contributed by atoms with Crippen molar-refractivity contribution in [2.24, 2.45) is 0 Å². The van der Waals surface area contributed by atoms with E-state index >= 15 is 0 Å². The first-order chi connectivity index (χ1) is 7.11. The molecule has 1 aromatic carbocycles. The van der Waals surface area contributed by atoms with Crippen molar-refractivity contribution in [3.8, 4) is 0 Å². The summed E-state index contributed by atoms with van der Waals surface area (Å²) in [5.41, 5.74) is 0. The van der Waals surface area contributed by atoms with Crippen LogP contribution in [0.1, 0.15) is 6.92 Å². The number of carbonyl (C=O) groups excluding carboxylic acids is 1. The van der Waals surface area contributed by atoms with E-state index in [1.807, 2.05) is 0 Å². The summed E-state index contributed by atoms with van der Waals surface area (Å²) in [6.45, 7) is 1.80. The molecule has 0 amide bonds. The lowest BCUT2D eigenvalue weighted by molar-refractivity contribution is -0.134. The Labute approximate surface area is 92.1 Å². The van der Waals surface area contributed by atoms with Gasteiger partial charge in [-0.3, -0.25) is 0 Å². The second-order valence-corrected chi connectivity index (χ2v) is 4.15. The van der Waals surface area contributed by atoms with Gasteiger partial charge in [0, 0.05) is 11.0 Å². The average Bonchev–Trinajstić information content (AvgIpc) is 2.21. The highest BCUT2D eigenvalue weighted by atomic mass is 32.2. The number of allylic oxidation sites excluding steroid dienone is 1. The molecule has 1 aromatic rings. The van der Waals surface area contributed by atoms with Gasteiger partial charge in [-0.15, -0.1) is 0 Å². The van der Waals surface area contributed by atoms with Crippen molar-refractivity contribution in [3.63, 3.8) is 0 Å². The Morgan fingerprint density at radius 2 is 2.00 bits per heavy atom. The molecule has 2 nitrogen and oxygen atoms in total. The Morgan fingerprint density at radius 3 is 2.53 bits per heavy atom. The van der Waals surface area contributed by atoms with Crippen molar-refractivity contribution < 1.29 is 13.9 Å². The summed E-state index contributed by atoms with van der Waals surface area (Å²) in [7, 11) is 1.33. The second-order valence-electron chi connectivity index (χ2n) is 2.83. The van der Waals surface area contributed by atoms with Crippen molar-refractivity contribution in [1.29, 1.82) is 0 Å². The van der Waals surface area contributed by atoms with Crippen LogP contribution in [0.4, 0.5) is 4.39 Å². The van der Waals surface area contributed by atoms with Gasteiger partial charge in [0.2, 0.25) is 0 Å². The van der Waals surface area contributed by atoms with Gasteiger partial charge in [-0.1, -0.05) is 11.8 Å². The number of hydrogen-bond donors (Lipinski definition) is 0. The molecule has 0 aromatic heterocycles. The van der Waals surface area contributed by atoms with E-state index < -0.39 is 0 Å². The predicted octanol–water partition coefficient (Wildman–Crippen LogP) is 2.99. The molecule has 4 heteroatoms. The summed E-state index contributed by atoms with van der Waals surface area (Å²) in [4.78, 5) is 12.6. The second kappa shape index (κ2) is 5.56. The van der Waals surface area contributed by atoms with Crippen molar-refractivity contribution in [3.05, 3.63) is 41.1 Å². The van der Waals surface area contributed by atoms with Crippen molar-refractivity contribution in [1.82, 2.24) is 0 Å². The first-order valence-electron chi connectivity index (χ1n) is 4.31. The molecule has 0 aliphatic carbocycles. The smallest absolute Gasteiger partial charge is 0.331 e. The first kappa shape index (κ1) is 11.8. The topological polar surface area (TPSA) is 26.3 Å². The Hall–Kier alpha value is -1.29. The summed E-state index contributed by atoms with van der Waals surface area (Å²) < 4.78 is 17.1. The monoisotopic (exact) mass is 226 g/mol. The Kier molecular flexibility index (Phi) is 4.37. The average molecular weight is 226 g/mol. The summed E-state index contributed by atoms with van der Waals surface area (Å²) in [5.74, 6) is -0.656.